The van der Waals surface area contributed by atoms with Gasteiger partial charge in [0, 0.05) is 13.0 Å². The van der Waals surface area contributed by atoms with Crippen LogP contribution in [0.1, 0.15) is 97.3 Å². The highest BCUT2D eigenvalue weighted by atomic mass is 16.5. The lowest BCUT2D eigenvalue weighted by Gasteiger charge is -2.39. The van der Waals surface area contributed by atoms with Crippen LogP contribution in [0, 0.1) is 0 Å². The summed E-state index contributed by atoms with van der Waals surface area (Å²) in [5.74, 6) is -1.06. The molecule has 0 fully saturated rings. The third-order valence-corrected chi connectivity index (χ3v) is 5.64. The molecule has 0 saturated heterocycles. The molecule has 0 aromatic heterocycles. The molecule has 28 heavy (non-hydrogen) atoms. The molecule has 168 valence electrons. The van der Waals surface area contributed by atoms with E-state index in [0.29, 0.717) is 19.6 Å². The second-order valence-electron chi connectivity index (χ2n) is 8.82. The van der Waals surface area contributed by atoms with Gasteiger partial charge in [-0.1, -0.05) is 84.5 Å². The van der Waals surface area contributed by atoms with Gasteiger partial charge in [0.2, 0.25) is 0 Å². The Morgan fingerprint density at radius 2 is 1.36 bits per heavy atom. The fraction of sp³-hybridized carbons (Fsp3) is 0.957. The van der Waals surface area contributed by atoms with Crippen LogP contribution in [0.25, 0.3) is 0 Å². The minimum atomic E-state index is -1.06. The molecule has 0 saturated carbocycles. The highest BCUT2D eigenvalue weighted by Crippen LogP contribution is 2.13. The van der Waals surface area contributed by atoms with Crippen LogP contribution in [-0.2, 0) is 9.53 Å². The van der Waals surface area contributed by atoms with Crippen LogP contribution in [-0.4, -0.2) is 61.6 Å². The van der Waals surface area contributed by atoms with E-state index in [2.05, 4.69) is 6.92 Å². The molecule has 0 aromatic carbocycles. The van der Waals surface area contributed by atoms with Crippen LogP contribution < -0.4 is 5.11 Å². The number of likely N-dealkylation sites (N-methyl/N-ethyl adjacent to an activating group) is 1. The minimum Gasteiger partial charge on any atom is -0.544 e. The highest BCUT2D eigenvalue weighted by Gasteiger charge is 2.30. The summed E-state index contributed by atoms with van der Waals surface area (Å²) in [7, 11) is 3.64. The van der Waals surface area contributed by atoms with Gasteiger partial charge in [0.25, 0.3) is 0 Å². The summed E-state index contributed by atoms with van der Waals surface area (Å²) >= 11 is 0. The maximum absolute atomic E-state index is 11.2. The Balaban J connectivity index is 3.54. The summed E-state index contributed by atoms with van der Waals surface area (Å²) in [6.07, 6.45) is 15.6. The standard InChI is InChI=1S/C23H47NO4/c1-5-7-8-9-10-11-12-13-14-15-16-17-18-28-20-21(25)19-24(3,4)22(6-2)23(26)27/h21-22,25H,5-20H2,1-4H3. The van der Waals surface area contributed by atoms with E-state index < -0.39 is 18.1 Å². The van der Waals surface area contributed by atoms with Crippen molar-refractivity contribution < 1.29 is 24.2 Å². The van der Waals surface area contributed by atoms with Crippen LogP contribution in [0.2, 0.25) is 0 Å². The van der Waals surface area contributed by atoms with E-state index in [1.165, 1.54) is 70.6 Å². The first-order valence-corrected chi connectivity index (χ1v) is 11.6. The number of aliphatic carboxylic acids is 1. The number of carbonyl (C=O) groups excluding carboxylic acids is 1. The zero-order chi connectivity index (χ0) is 21.3. The molecule has 5 heteroatoms. The maximum Gasteiger partial charge on any atom is 0.129 e. The molecular formula is C23H47NO4. The van der Waals surface area contributed by atoms with E-state index in [-0.39, 0.29) is 11.1 Å². The predicted molar refractivity (Wildman–Crippen MR) is 114 cm³/mol. The lowest BCUT2D eigenvalue weighted by atomic mass is 10.1. The summed E-state index contributed by atoms with van der Waals surface area (Å²) in [5, 5.41) is 21.4. The van der Waals surface area contributed by atoms with E-state index in [0.717, 1.165) is 6.42 Å². The number of aliphatic hydroxyl groups is 1. The molecule has 1 N–H and O–H groups in total. The molecule has 0 aliphatic carbocycles. The summed E-state index contributed by atoms with van der Waals surface area (Å²) in [6.45, 7) is 5.37. The van der Waals surface area contributed by atoms with Crippen LogP contribution in [0.4, 0.5) is 0 Å². The van der Waals surface area contributed by atoms with E-state index in [9.17, 15) is 15.0 Å². The second kappa shape index (κ2) is 17.2. The van der Waals surface area contributed by atoms with Gasteiger partial charge in [0.15, 0.2) is 0 Å². The molecule has 0 bridgehead atoms. The molecule has 0 heterocycles. The first-order valence-electron chi connectivity index (χ1n) is 11.6. The van der Waals surface area contributed by atoms with Crippen molar-refractivity contribution in [2.75, 3.05) is 33.9 Å². The number of carboxylic acid groups (broad SMARTS) is 1. The largest absolute Gasteiger partial charge is 0.544 e. The molecule has 2 atom stereocenters. The van der Waals surface area contributed by atoms with Crippen molar-refractivity contribution in [3.63, 3.8) is 0 Å². The lowest BCUT2D eigenvalue weighted by Crippen LogP contribution is -2.59. The minimum absolute atomic E-state index is 0.210. The molecule has 5 nitrogen and oxygen atoms in total. The molecule has 2 unspecified atom stereocenters. The van der Waals surface area contributed by atoms with Crippen molar-refractivity contribution in [1.29, 1.82) is 0 Å². The summed E-state index contributed by atoms with van der Waals surface area (Å²) < 4.78 is 5.79. The van der Waals surface area contributed by atoms with Gasteiger partial charge in [-0.05, 0) is 6.42 Å². The Hall–Kier alpha value is -0.650. The molecule has 0 aromatic rings. The number of aliphatic hydroxyl groups excluding tert-OH is 1. The SMILES string of the molecule is CCCCCCCCCCCCCCOCC(O)C[N+](C)(C)C(CC)C(=O)[O-]. The zero-order valence-corrected chi connectivity index (χ0v) is 19.1. The second-order valence-corrected chi connectivity index (χ2v) is 8.82. The highest BCUT2D eigenvalue weighted by molar-refractivity contribution is 5.69. The van der Waals surface area contributed by atoms with Crippen molar-refractivity contribution in [2.45, 2.75) is 109 Å². The molecule has 0 rings (SSSR count). The van der Waals surface area contributed by atoms with E-state index in [1.807, 2.05) is 21.0 Å². The number of nitrogens with zero attached hydrogens (tertiary/aromatic N) is 1. The van der Waals surface area contributed by atoms with Gasteiger partial charge in [0.05, 0.1) is 26.7 Å². The number of ether oxygens (including phenoxy) is 1. The Kier molecular flexibility index (Phi) is 16.8. The Labute approximate surface area is 174 Å². The first-order chi connectivity index (χ1) is 13.3. The van der Waals surface area contributed by atoms with E-state index in [4.69, 9.17) is 4.74 Å². The van der Waals surface area contributed by atoms with Gasteiger partial charge in [0.1, 0.15) is 18.7 Å². The predicted octanol–water partition coefficient (Wildman–Crippen LogP) is 3.67. The topological polar surface area (TPSA) is 69.6 Å². The van der Waals surface area contributed by atoms with Gasteiger partial charge in [-0.25, -0.2) is 0 Å². The van der Waals surface area contributed by atoms with E-state index >= 15 is 0 Å². The summed E-state index contributed by atoms with van der Waals surface area (Å²) in [5.41, 5.74) is 0. The van der Waals surface area contributed by atoms with Crippen molar-refractivity contribution >= 4 is 5.97 Å². The van der Waals surface area contributed by atoms with Gasteiger partial charge in [-0.3, -0.25) is 0 Å². The lowest BCUT2D eigenvalue weighted by molar-refractivity contribution is -0.911. The number of hydrogen-bond acceptors (Lipinski definition) is 4. The monoisotopic (exact) mass is 401 g/mol. The van der Waals surface area contributed by atoms with Crippen LogP contribution in [0.3, 0.4) is 0 Å². The van der Waals surface area contributed by atoms with Crippen molar-refractivity contribution in [2.24, 2.45) is 0 Å². The number of rotatable bonds is 20. The van der Waals surface area contributed by atoms with E-state index in [1.54, 1.807) is 0 Å². The van der Waals surface area contributed by atoms with Crippen molar-refractivity contribution in [3.05, 3.63) is 0 Å². The maximum atomic E-state index is 11.2. The molecule has 0 spiro atoms. The third kappa shape index (κ3) is 14.4. The first kappa shape index (κ1) is 27.4. The smallest absolute Gasteiger partial charge is 0.129 e. The molecular weight excluding hydrogens is 354 g/mol. The number of unbranched alkanes of at least 4 members (excludes halogenated alkanes) is 11. The summed E-state index contributed by atoms with van der Waals surface area (Å²) in [6, 6.07) is -0.606. The quantitative estimate of drug-likeness (QED) is 0.250. The zero-order valence-electron chi connectivity index (χ0n) is 19.1. The molecule has 0 amide bonds. The van der Waals surface area contributed by atoms with Crippen LogP contribution >= 0.6 is 0 Å². The van der Waals surface area contributed by atoms with Gasteiger partial charge < -0.3 is 24.2 Å². The Bertz CT molecular complexity index is 374. The fourth-order valence-electron chi connectivity index (χ4n) is 3.93. The number of hydrogen-bond donors (Lipinski definition) is 1. The molecule has 0 aliphatic rings. The summed E-state index contributed by atoms with van der Waals surface area (Å²) in [4.78, 5) is 11.2. The van der Waals surface area contributed by atoms with Gasteiger partial charge >= 0.3 is 0 Å². The van der Waals surface area contributed by atoms with Crippen LogP contribution in [0.5, 0.6) is 0 Å². The average molecular weight is 402 g/mol. The molecule has 0 radical (unpaired) electrons. The van der Waals surface area contributed by atoms with Crippen LogP contribution in [0.15, 0.2) is 0 Å². The van der Waals surface area contributed by atoms with Crippen molar-refractivity contribution in [3.8, 4) is 0 Å². The normalized spacial score (nSPS) is 14.2. The number of quaternary nitrogens is 1. The average Bonchev–Trinajstić information content (AvgIpc) is 2.61. The number of carbonyl (C=O) groups is 1. The fourth-order valence-corrected chi connectivity index (χ4v) is 3.93. The Morgan fingerprint density at radius 3 is 1.79 bits per heavy atom. The third-order valence-electron chi connectivity index (χ3n) is 5.64. The van der Waals surface area contributed by atoms with Crippen molar-refractivity contribution in [1.82, 2.24) is 0 Å². The van der Waals surface area contributed by atoms with Gasteiger partial charge in [-0.2, -0.15) is 0 Å². The number of carboxylic acids is 1. The molecule has 0 aliphatic heterocycles. The van der Waals surface area contributed by atoms with Gasteiger partial charge in [-0.15, -0.1) is 0 Å². The Morgan fingerprint density at radius 1 is 0.893 bits per heavy atom.